The second kappa shape index (κ2) is 10.5. The minimum atomic E-state index is -0.370. The average Bonchev–Trinajstić information content (AvgIpc) is 3.13. The van der Waals surface area contributed by atoms with E-state index in [0.29, 0.717) is 25.0 Å². The van der Waals surface area contributed by atoms with Gasteiger partial charge in [-0.05, 0) is 31.9 Å². The van der Waals surface area contributed by atoms with Crippen molar-refractivity contribution in [3.8, 4) is 5.75 Å². The number of nitrogens with one attached hydrogen (secondary N) is 2. The number of halogens is 1. The van der Waals surface area contributed by atoms with E-state index in [9.17, 15) is 4.39 Å². The average molecular weight is 376 g/mol. The summed E-state index contributed by atoms with van der Waals surface area (Å²) in [6.07, 6.45) is 1.85. The van der Waals surface area contributed by atoms with Gasteiger partial charge in [0.2, 0.25) is 0 Å². The van der Waals surface area contributed by atoms with E-state index in [0.717, 1.165) is 24.3 Å². The van der Waals surface area contributed by atoms with E-state index in [4.69, 9.17) is 9.26 Å². The number of nitrogens with zero attached hydrogens (tertiary/aromatic N) is 2. The van der Waals surface area contributed by atoms with E-state index < -0.39 is 0 Å². The number of para-hydroxylation sites is 1. The van der Waals surface area contributed by atoms with Gasteiger partial charge in [-0.25, -0.2) is 4.39 Å². The number of hydrogen-bond acceptors (Lipinski definition) is 4. The lowest BCUT2D eigenvalue weighted by Crippen LogP contribution is -2.41. The molecule has 0 amide bonds. The molecule has 2 N–H and O–H groups in total. The summed E-state index contributed by atoms with van der Waals surface area (Å²) < 4.78 is 24.6. The number of aliphatic imine (C=N–C) groups is 1. The number of guanidine groups is 1. The molecule has 1 aromatic heterocycles. The second-order valence-electron chi connectivity index (χ2n) is 6.40. The normalized spacial score (nSPS) is 12.9. The Morgan fingerprint density at radius 2 is 2.00 bits per heavy atom. The van der Waals surface area contributed by atoms with Gasteiger partial charge in [0.25, 0.3) is 0 Å². The molecule has 7 heteroatoms. The Kier molecular flexibility index (Phi) is 8.10. The SMILES string of the molecule is CCC(CC)c1cc(CNC(=NC)NCC(C)Oc2ccccc2F)on1. The number of ether oxygens (including phenoxy) is 1. The number of rotatable bonds is 9. The van der Waals surface area contributed by atoms with Crippen molar-refractivity contribution < 1.29 is 13.7 Å². The van der Waals surface area contributed by atoms with Crippen LogP contribution in [0.5, 0.6) is 5.75 Å². The molecule has 0 spiro atoms. The highest BCUT2D eigenvalue weighted by Crippen LogP contribution is 2.22. The monoisotopic (exact) mass is 376 g/mol. The number of aromatic nitrogens is 1. The standard InChI is InChI=1S/C20H29FN4O2/c1-5-15(6-2)18-11-16(27-25-18)13-24-20(22-4)23-12-14(3)26-19-10-8-7-9-17(19)21/h7-11,14-15H,5-6,12-13H2,1-4H3,(H2,22,23,24). The summed E-state index contributed by atoms with van der Waals surface area (Å²) in [4.78, 5) is 4.18. The number of benzene rings is 1. The van der Waals surface area contributed by atoms with Gasteiger partial charge in [-0.15, -0.1) is 0 Å². The zero-order chi connectivity index (χ0) is 19.6. The zero-order valence-electron chi connectivity index (χ0n) is 16.5. The third-order valence-electron chi connectivity index (χ3n) is 4.36. The largest absolute Gasteiger partial charge is 0.486 e. The lowest BCUT2D eigenvalue weighted by Gasteiger charge is -2.17. The van der Waals surface area contributed by atoms with Crippen LogP contribution in [-0.2, 0) is 6.54 Å². The summed E-state index contributed by atoms with van der Waals surface area (Å²) in [6, 6.07) is 8.35. The molecule has 0 aliphatic heterocycles. The summed E-state index contributed by atoms with van der Waals surface area (Å²) in [7, 11) is 1.69. The summed E-state index contributed by atoms with van der Waals surface area (Å²) in [5.74, 6) is 1.67. The van der Waals surface area contributed by atoms with Crippen molar-refractivity contribution in [1.29, 1.82) is 0 Å². The van der Waals surface area contributed by atoms with E-state index >= 15 is 0 Å². The summed E-state index contributed by atoms with van der Waals surface area (Å²) >= 11 is 0. The van der Waals surface area contributed by atoms with Gasteiger partial charge in [0.05, 0.1) is 18.8 Å². The quantitative estimate of drug-likeness (QED) is 0.514. The van der Waals surface area contributed by atoms with E-state index in [2.05, 4.69) is 34.6 Å². The van der Waals surface area contributed by atoms with Crippen LogP contribution < -0.4 is 15.4 Å². The molecule has 1 heterocycles. The molecule has 0 saturated heterocycles. The van der Waals surface area contributed by atoms with Crippen LogP contribution >= 0.6 is 0 Å². The summed E-state index contributed by atoms with van der Waals surface area (Å²) in [6.45, 7) is 7.12. The summed E-state index contributed by atoms with van der Waals surface area (Å²) in [5, 5.41) is 10.5. The van der Waals surface area contributed by atoms with Gasteiger partial charge in [0.15, 0.2) is 23.3 Å². The maximum Gasteiger partial charge on any atom is 0.191 e. The summed E-state index contributed by atoms with van der Waals surface area (Å²) in [5.41, 5.74) is 0.992. The van der Waals surface area contributed by atoms with Crippen molar-refractivity contribution >= 4 is 5.96 Å². The van der Waals surface area contributed by atoms with Gasteiger partial charge in [0.1, 0.15) is 6.10 Å². The predicted molar refractivity (Wildman–Crippen MR) is 105 cm³/mol. The highest BCUT2D eigenvalue weighted by Gasteiger charge is 2.13. The van der Waals surface area contributed by atoms with E-state index in [1.807, 2.05) is 13.0 Å². The van der Waals surface area contributed by atoms with Crippen molar-refractivity contribution in [2.75, 3.05) is 13.6 Å². The fraction of sp³-hybridized carbons (Fsp3) is 0.500. The Balaban J connectivity index is 1.80. The highest BCUT2D eigenvalue weighted by molar-refractivity contribution is 5.79. The molecular weight excluding hydrogens is 347 g/mol. The van der Waals surface area contributed by atoms with Crippen LogP contribution in [0.3, 0.4) is 0 Å². The molecule has 0 saturated carbocycles. The van der Waals surface area contributed by atoms with Gasteiger partial charge < -0.3 is 19.9 Å². The van der Waals surface area contributed by atoms with Gasteiger partial charge in [0, 0.05) is 19.0 Å². The second-order valence-corrected chi connectivity index (χ2v) is 6.40. The van der Waals surface area contributed by atoms with Crippen molar-refractivity contribution in [2.24, 2.45) is 4.99 Å². The zero-order valence-corrected chi connectivity index (χ0v) is 16.5. The molecule has 6 nitrogen and oxygen atoms in total. The van der Waals surface area contributed by atoms with Crippen LogP contribution in [0.1, 0.15) is 51.0 Å². The Hall–Kier alpha value is -2.57. The fourth-order valence-electron chi connectivity index (χ4n) is 2.74. The van der Waals surface area contributed by atoms with Gasteiger partial charge >= 0.3 is 0 Å². The molecule has 0 aliphatic rings. The Bertz CT molecular complexity index is 728. The first kappa shape index (κ1) is 20.7. The molecule has 2 aromatic rings. The molecular formula is C20H29FN4O2. The first-order valence-electron chi connectivity index (χ1n) is 9.38. The van der Waals surface area contributed by atoms with Crippen LogP contribution in [0.25, 0.3) is 0 Å². The predicted octanol–water partition coefficient (Wildman–Crippen LogP) is 3.85. The van der Waals surface area contributed by atoms with Crippen LogP contribution in [0.15, 0.2) is 39.8 Å². The molecule has 0 fully saturated rings. The fourth-order valence-corrected chi connectivity index (χ4v) is 2.74. The van der Waals surface area contributed by atoms with Gasteiger partial charge in [-0.3, -0.25) is 4.99 Å². The van der Waals surface area contributed by atoms with Gasteiger partial charge in [-0.2, -0.15) is 0 Å². The van der Waals surface area contributed by atoms with Crippen LogP contribution in [0, 0.1) is 5.82 Å². The molecule has 2 rings (SSSR count). The maximum atomic E-state index is 13.6. The van der Waals surface area contributed by atoms with Crippen molar-refractivity contribution in [3.63, 3.8) is 0 Å². The van der Waals surface area contributed by atoms with Crippen molar-refractivity contribution in [1.82, 2.24) is 15.8 Å². The molecule has 148 valence electrons. The first-order valence-corrected chi connectivity index (χ1v) is 9.38. The molecule has 0 aliphatic carbocycles. The van der Waals surface area contributed by atoms with Crippen molar-refractivity contribution in [2.45, 2.75) is 52.2 Å². The topological polar surface area (TPSA) is 71.7 Å². The van der Waals surface area contributed by atoms with E-state index in [-0.39, 0.29) is 17.7 Å². The Morgan fingerprint density at radius 3 is 2.67 bits per heavy atom. The lowest BCUT2D eigenvalue weighted by molar-refractivity contribution is 0.214. The van der Waals surface area contributed by atoms with E-state index in [1.54, 1.807) is 25.2 Å². The lowest BCUT2D eigenvalue weighted by atomic mass is 9.99. The molecule has 0 radical (unpaired) electrons. The van der Waals surface area contributed by atoms with Crippen LogP contribution in [0.4, 0.5) is 4.39 Å². The third-order valence-corrected chi connectivity index (χ3v) is 4.36. The molecule has 27 heavy (non-hydrogen) atoms. The van der Waals surface area contributed by atoms with Crippen LogP contribution in [0.2, 0.25) is 0 Å². The Morgan fingerprint density at radius 1 is 1.26 bits per heavy atom. The number of hydrogen-bond donors (Lipinski definition) is 2. The van der Waals surface area contributed by atoms with Crippen molar-refractivity contribution in [3.05, 3.63) is 47.6 Å². The minimum absolute atomic E-state index is 0.229. The third kappa shape index (κ3) is 6.27. The Labute approximate surface area is 160 Å². The molecule has 1 atom stereocenters. The van der Waals surface area contributed by atoms with E-state index in [1.165, 1.54) is 6.07 Å². The maximum absolute atomic E-state index is 13.6. The highest BCUT2D eigenvalue weighted by atomic mass is 19.1. The molecule has 1 aromatic carbocycles. The van der Waals surface area contributed by atoms with Gasteiger partial charge in [-0.1, -0.05) is 31.1 Å². The molecule has 0 bridgehead atoms. The first-order chi connectivity index (χ1) is 13.1. The van der Waals surface area contributed by atoms with Crippen LogP contribution in [-0.4, -0.2) is 30.8 Å². The molecule has 1 unspecified atom stereocenters. The smallest absolute Gasteiger partial charge is 0.191 e. The minimum Gasteiger partial charge on any atom is -0.486 e.